The summed E-state index contributed by atoms with van der Waals surface area (Å²) in [7, 11) is 0. The Bertz CT molecular complexity index is 817. The number of hydrogen-bond donors (Lipinski definition) is 1. The molecule has 1 aliphatic rings. The minimum atomic E-state index is -1.58. The van der Waals surface area contributed by atoms with Crippen molar-refractivity contribution in [2.24, 2.45) is 0 Å². The van der Waals surface area contributed by atoms with E-state index in [4.69, 9.17) is 18.9 Å². The van der Waals surface area contributed by atoms with E-state index in [9.17, 15) is 19.5 Å². The Labute approximate surface area is 173 Å². The number of ether oxygens (including phenoxy) is 4. The first-order valence-electron chi connectivity index (χ1n) is 9.39. The summed E-state index contributed by atoms with van der Waals surface area (Å²) in [6.45, 7) is 2.72. The number of hydrogen-bond acceptors (Lipinski definition) is 8. The highest BCUT2D eigenvalue weighted by atomic mass is 16.7. The van der Waals surface area contributed by atoms with Crippen molar-refractivity contribution in [2.75, 3.05) is 0 Å². The molecule has 1 saturated heterocycles. The van der Waals surface area contributed by atoms with Crippen LogP contribution < -0.4 is 0 Å². The van der Waals surface area contributed by atoms with Crippen molar-refractivity contribution in [2.45, 2.75) is 44.6 Å². The van der Waals surface area contributed by atoms with Gasteiger partial charge in [0.05, 0.1) is 17.2 Å². The maximum Gasteiger partial charge on any atom is 0.338 e. The summed E-state index contributed by atoms with van der Waals surface area (Å²) in [6, 6.07) is 16.4. The number of benzene rings is 2. The molecule has 1 fully saturated rings. The number of esters is 3. The second-order valence-corrected chi connectivity index (χ2v) is 6.78. The number of carbonyl (C=O) groups is 3. The molecule has 1 N–H and O–H groups in total. The lowest BCUT2D eigenvalue weighted by molar-refractivity contribution is -0.279. The largest absolute Gasteiger partial charge is 0.454 e. The summed E-state index contributed by atoms with van der Waals surface area (Å²) in [5.74, 6) is -2.11. The zero-order valence-corrected chi connectivity index (χ0v) is 16.5. The van der Waals surface area contributed by atoms with Crippen LogP contribution in [0.15, 0.2) is 60.7 Å². The van der Waals surface area contributed by atoms with Gasteiger partial charge in [0.25, 0.3) is 0 Å². The van der Waals surface area contributed by atoms with Crippen molar-refractivity contribution in [3.63, 3.8) is 0 Å². The summed E-state index contributed by atoms with van der Waals surface area (Å²) in [5, 5.41) is 10.4. The molecule has 30 heavy (non-hydrogen) atoms. The highest BCUT2D eigenvalue weighted by Crippen LogP contribution is 2.28. The molecule has 0 spiro atoms. The fraction of sp³-hybridized carbons (Fsp3) is 0.318. The van der Waals surface area contributed by atoms with Crippen LogP contribution in [0, 0.1) is 0 Å². The Hall–Kier alpha value is -3.23. The molecule has 0 saturated carbocycles. The summed E-state index contributed by atoms with van der Waals surface area (Å²) in [6.07, 6.45) is -6.18. The van der Waals surface area contributed by atoms with Crippen molar-refractivity contribution in [3.8, 4) is 0 Å². The quantitative estimate of drug-likeness (QED) is 0.585. The van der Waals surface area contributed by atoms with Gasteiger partial charge < -0.3 is 24.1 Å². The normalized spacial score (nSPS) is 25.8. The molecule has 0 amide bonds. The number of aliphatic hydroxyl groups is 1. The van der Waals surface area contributed by atoms with Crippen LogP contribution >= 0.6 is 0 Å². The van der Waals surface area contributed by atoms with Gasteiger partial charge >= 0.3 is 17.9 Å². The molecule has 0 radical (unpaired) electrons. The third-order valence-electron chi connectivity index (χ3n) is 4.55. The van der Waals surface area contributed by atoms with Crippen LogP contribution in [-0.2, 0) is 23.7 Å². The van der Waals surface area contributed by atoms with Crippen molar-refractivity contribution in [1.82, 2.24) is 0 Å². The molecule has 1 aliphatic heterocycles. The van der Waals surface area contributed by atoms with Gasteiger partial charge in [-0.15, -0.1) is 0 Å². The van der Waals surface area contributed by atoms with Crippen LogP contribution in [0.5, 0.6) is 0 Å². The molecule has 8 nitrogen and oxygen atoms in total. The van der Waals surface area contributed by atoms with E-state index in [2.05, 4.69) is 0 Å². The van der Waals surface area contributed by atoms with Gasteiger partial charge in [0, 0.05) is 6.92 Å². The molecule has 5 atom stereocenters. The minimum absolute atomic E-state index is 0.239. The maximum atomic E-state index is 12.5. The molecule has 3 rings (SSSR count). The van der Waals surface area contributed by atoms with Crippen LogP contribution in [0.25, 0.3) is 0 Å². The molecular weight excluding hydrogens is 392 g/mol. The fourth-order valence-electron chi connectivity index (χ4n) is 3.14. The third-order valence-corrected chi connectivity index (χ3v) is 4.55. The van der Waals surface area contributed by atoms with Gasteiger partial charge in [-0.05, 0) is 31.2 Å². The number of carbonyl (C=O) groups excluding carboxylic acids is 3. The monoisotopic (exact) mass is 414 g/mol. The molecule has 1 heterocycles. The van der Waals surface area contributed by atoms with Crippen molar-refractivity contribution >= 4 is 17.9 Å². The second kappa shape index (κ2) is 9.51. The average molecular weight is 414 g/mol. The van der Waals surface area contributed by atoms with Crippen molar-refractivity contribution in [1.29, 1.82) is 0 Å². The standard InChI is InChI=1S/C22H22O8/c1-13-17(29-20(24)15-9-5-3-6-10-15)18(28-14(2)23)19(22(26)27-13)30-21(25)16-11-7-4-8-12-16/h3-13,17-19,22,26H,1-2H3/t13-,17-,18+,19+,22+/m0/s1. The zero-order chi connectivity index (χ0) is 21.7. The predicted molar refractivity (Wildman–Crippen MR) is 103 cm³/mol. The van der Waals surface area contributed by atoms with Gasteiger partial charge in [-0.2, -0.15) is 0 Å². The van der Waals surface area contributed by atoms with Crippen LogP contribution in [0.2, 0.25) is 0 Å². The molecule has 0 bridgehead atoms. The Kier molecular flexibility index (Phi) is 6.81. The van der Waals surface area contributed by atoms with E-state index in [1.165, 1.54) is 19.1 Å². The van der Waals surface area contributed by atoms with E-state index in [0.29, 0.717) is 0 Å². The SMILES string of the molecule is CC(=O)O[C@@H]1[C@@H](OC(=O)c2ccccc2)[C@H](C)O[C@@H](O)[C@@H]1OC(=O)c1ccccc1. The lowest BCUT2D eigenvalue weighted by Crippen LogP contribution is -2.60. The first-order chi connectivity index (χ1) is 14.4. The van der Waals surface area contributed by atoms with Gasteiger partial charge in [-0.1, -0.05) is 36.4 Å². The Morgan fingerprint density at radius 2 is 1.23 bits per heavy atom. The van der Waals surface area contributed by atoms with Gasteiger partial charge in [-0.3, -0.25) is 4.79 Å². The lowest BCUT2D eigenvalue weighted by atomic mass is 9.98. The Morgan fingerprint density at radius 3 is 1.70 bits per heavy atom. The second-order valence-electron chi connectivity index (χ2n) is 6.78. The summed E-state index contributed by atoms with van der Waals surface area (Å²) < 4.78 is 21.6. The molecular formula is C22H22O8. The Morgan fingerprint density at radius 1 is 0.767 bits per heavy atom. The highest BCUT2D eigenvalue weighted by Gasteiger charge is 2.50. The molecule has 158 valence electrons. The van der Waals surface area contributed by atoms with Crippen LogP contribution in [0.4, 0.5) is 0 Å². The van der Waals surface area contributed by atoms with E-state index in [1.807, 2.05) is 0 Å². The van der Waals surface area contributed by atoms with Gasteiger partial charge in [0.15, 0.2) is 24.6 Å². The van der Waals surface area contributed by atoms with Crippen LogP contribution in [-0.4, -0.2) is 53.7 Å². The highest BCUT2D eigenvalue weighted by molar-refractivity contribution is 5.90. The average Bonchev–Trinajstić information content (AvgIpc) is 2.74. The summed E-state index contributed by atoms with van der Waals surface area (Å²) >= 11 is 0. The van der Waals surface area contributed by atoms with E-state index in [0.717, 1.165) is 0 Å². The molecule has 0 unspecified atom stereocenters. The third kappa shape index (κ3) is 5.03. The topological polar surface area (TPSA) is 108 Å². The molecule has 2 aromatic carbocycles. The molecule has 8 heteroatoms. The maximum absolute atomic E-state index is 12.5. The van der Waals surface area contributed by atoms with Crippen LogP contribution in [0.1, 0.15) is 34.6 Å². The molecule has 0 aliphatic carbocycles. The van der Waals surface area contributed by atoms with Crippen LogP contribution in [0.3, 0.4) is 0 Å². The molecule has 2 aromatic rings. The van der Waals surface area contributed by atoms with Gasteiger partial charge in [0.1, 0.15) is 0 Å². The van der Waals surface area contributed by atoms with Crippen molar-refractivity contribution in [3.05, 3.63) is 71.8 Å². The number of rotatable bonds is 5. The number of aliphatic hydroxyl groups excluding tert-OH is 1. The lowest BCUT2D eigenvalue weighted by Gasteiger charge is -2.42. The smallest absolute Gasteiger partial charge is 0.338 e. The first kappa shape index (κ1) is 21.5. The van der Waals surface area contributed by atoms with E-state index >= 15 is 0 Å². The van der Waals surface area contributed by atoms with Gasteiger partial charge in [-0.25, -0.2) is 9.59 Å². The summed E-state index contributed by atoms with van der Waals surface area (Å²) in [4.78, 5) is 36.7. The predicted octanol–water partition coefficient (Wildman–Crippen LogP) is 2.11. The fourth-order valence-corrected chi connectivity index (χ4v) is 3.14. The first-order valence-corrected chi connectivity index (χ1v) is 9.39. The van der Waals surface area contributed by atoms with Crippen molar-refractivity contribution < 1.29 is 38.4 Å². The zero-order valence-electron chi connectivity index (χ0n) is 16.5. The molecule has 0 aromatic heterocycles. The van der Waals surface area contributed by atoms with E-state index < -0.39 is 48.6 Å². The van der Waals surface area contributed by atoms with Gasteiger partial charge in [0.2, 0.25) is 0 Å². The summed E-state index contributed by atoms with van der Waals surface area (Å²) in [5.41, 5.74) is 0.526. The van der Waals surface area contributed by atoms with E-state index in [1.54, 1.807) is 55.5 Å². The minimum Gasteiger partial charge on any atom is -0.454 e. The van der Waals surface area contributed by atoms with E-state index in [-0.39, 0.29) is 11.1 Å². The Balaban J connectivity index is 1.84.